The summed E-state index contributed by atoms with van der Waals surface area (Å²) in [5.74, 6) is 6.43. The summed E-state index contributed by atoms with van der Waals surface area (Å²) < 4.78 is 0. The standard InChI is InChI=1S/C11H22N2/c1-2-3-8-11(13-12)9-10-6-4-5-7-10/h2,10-11,13H,1,3-9,12H2. The van der Waals surface area contributed by atoms with Crippen molar-refractivity contribution in [3.8, 4) is 0 Å². The summed E-state index contributed by atoms with van der Waals surface area (Å²) in [5, 5.41) is 0. The molecule has 2 heteroatoms. The van der Waals surface area contributed by atoms with Crippen LogP contribution in [0, 0.1) is 5.92 Å². The maximum atomic E-state index is 5.51. The summed E-state index contributed by atoms with van der Waals surface area (Å²) in [6, 6.07) is 0.501. The van der Waals surface area contributed by atoms with Crippen molar-refractivity contribution in [3.05, 3.63) is 12.7 Å². The fraction of sp³-hybridized carbons (Fsp3) is 0.818. The maximum absolute atomic E-state index is 5.51. The minimum Gasteiger partial charge on any atom is -0.271 e. The second kappa shape index (κ2) is 6.17. The van der Waals surface area contributed by atoms with Gasteiger partial charge in [-0.15, -0.1) is 6.58 Å². The van der Waals surface area contributed by atoms with Gasteiger partial charge in [0.25, 0.3) is 0 Å². The molecular weight excluding hydrogens is 160 g/mol. The molecular formula is C11H22N2. The van der Waals surface area contributed by atoms with E-state index in [-0.39, 0.29) is 0 Å². The summed E-state index contributed by atoms with van der Waals surface area (Å²) in [4.78, 5) is 0. The lowest BCUT2D eigenvalue weighted by molar-refractivity contribution is 0.377. The Labute approximate surface area is 81.6 Å². The Morgan fingerprint density at radius 2 is 2.15 bits per heavy atom. The Kier molecular flexibility index (Phi) is 5.09. The van der Waals surface area contributed by atoms with Crippen LogP contribution in [-0.2, 0) is 0 Å². The third kappa shape index (κ3) is 3.92. The first kappa shape index (κ1) is 10.7. The van der Waals surface area contributed by atoms with E-state index >= 15 is 0 Å². The molecule has 13 heavy (non-hydrogen) atoms. The summed E-state index contributed by atoms with van der Waals surface area (Å²) in [5.41, 5.74) is 2.92. The lowest BCUT2D eigenvalue weighted by atomic mass is 9.96. The summed E-state index contributed by atoms with van der Waals surface area (Å²) in [6.07, 6.45) is 11.1. The molecule has 1 atom stereocenters. The van der Waals surface area contributed by atoms with Crippen molar-refractivity contribution < 1.29 is 0 Å². The second-order valence-corrected chi connectivity index (χ2v) is 4.12. The first-order chi connectivity index (χ1) is 6.36. The molecule has 1 unspecified atom stereocenters. The van der Waals surface area contributed by atoms with Crippen molar-refractivity contribution in [3.63, 3.8) is 0 Å². The number of allylic oxidation sites excluding steroid dienone is 1. The van der Waals surface area contributed by atoms with E-state index in [1.807, 2.05) is 6.08 Å². The van der Waals surface area contributed by atoms with Crippen molar-refractivity contribution >= 4 is 0 Å². The van der Waals surface area contributed by atoms with Gasteiger partial charge in [0.2, 0.25) is 0 Å². The van der Waals surface area contributed by atoms with Crippen molar-refractivity contribution in [2.75, 3.05) is 0 Å². The van der Waals surface area contributed by atoms with Gasteiger partial charge in [-0.25, -0.2) is 0 Å². The van der Waals surface area contributed by atoms with Crippen LogP contribution in [0.4, 0.5) is 0 Å². The molecule has 0 radical (unpaired) electrons. The molecule has 0 aromatic heterocycles. The predicted octanol–water partition coefficient (Wildman–Crippen LogP) is 2.36. The zero-order valence-corrected chi connectivity index (χ0v) is 8.47. The van der Waals surface area contributed by atoms with Crippen LogP contribution < -0.4 is 11.3 Å². The Morgan fingerprint density at radius 3 is 2.69 bits per heavy atom. The first-order valence-corrected chi connectivity index (χ1v) is 5.44. The highest BCUT2D eigenvalue weighted by Gasteiger charge is 2.18. The van der Waals surface area contributed by atoms with Crippen LogP contribution >= 0.6 is 0 Å². The molecule has 3 N–H and O–H groups in total. The van der Waals surface area contributed by atoms with E-state index in [0.29, 0.717) is 6.04 Å². The molecule has 76 valence electrons. The highest BCUT2D eigenvalue weighted by atomic mass is 15.2. The molecule has 0 spiro atoms. The van der Waals surface area contributed by atoms with Gasteiger partial charge in [0, 0.05) is 6.04 Å². The van der Waals surface area contributed by atoms with Crippen LogP contribution in [0.1, 0.15) is 44.9 Å². The van der Waals surface area contributed by atoms with Gasteiger partial charge >= 0.3 is 0 Å². The largest absolute Gasteiger partial charge is 0.271 e. The number of hydrazine groups is 1. The maximum Gasteiger partial charge on any atom is 0.0216 e. The second-order valence-electron chi connectivity index (χ2n) is 4.12. The van der Waals surface area contributed by atoms with Crippen molar-refractivity contribution in [1.29, 1.82) is 0 Å². The Balaban J connectivity index is 2.17. The van der Waals surface area contributed by atoms with Crippen LogP contribution in [0.5, 0.6) is 0 Å². The average Bonchev–Trinajstić information content (AvgIpc) is 2.64. The molecule has 1 rings (SSSR count). The number of hydrogen-bond acceptors (Lipinski definition) is 2. The molecule has 1 saturated carbocycles. The van der Waals surface area contributed by atoms with E-state index in [1.54, 1.807) is 0 Å². The highest BCUT2D eigenvalue weighted by molar-refractivity contribution is 4.77. The van der Waals surface area contributed by atoms with E-state index in [1.165, 1.54) is 32.1 Å². The summed E-state index contributed by atoms with van der Waals surface area (Å²) in [7, 11) is 0. The van der Waals surface area contributed by atoms with Gasteiger partial charge in [-0.3, -0.25) is 11.3 Å². The molecule has 0 bridgehead atoms. The average molecular weight is 182 g/mol. The Bertz CT molecular complexity index is 139. The highest BCUT2D eigenvalue weighted by Crippen LogP contribution is 2.29. The molecule has 0 heterocycles. The van der Waals surface area contributed by atoms with Gasteiger partial charge in [-0.05, 0) is 25.2 Å². The molecule has 0 aromatic rings. The Morgan fingerprint density at radius 1 is 1.46 bits per heavy atom. The van der Waals surface area contributed by atoms with E-state index in [9.17, 15) is 0 Å². The minimum atomic E-state index is 0.501. The molecule has 2 nitrogen and oxygen atoms in total. The lowest BCUT2D eigenvalue weighted by Gasteiger charge is -2.18. The molecule has 0 aliphatic heterocycles. The third-order valence-electron chi connectivity index (χ3n) is 3.05. The van der Waals surface area contributed by atoms with Gasteiger partial charge in [0.05, 0.1) is 0 Å². The number of hydrogen-bond donors (Lipinski definition) is 2. The van der Waals surface area contributed by atoms with Crippen LogP contribution in [0.25, 0.3) is 0 Å². The first-order valence-electron chi connectivity index (χ1n) is 5.44. The molecule has 0 saturated heterocycles. The molecule has 0 aromatic carbocycles. The van der Waals surface area contributed by atoms with E-state index in [4.69, 9.17) is 5.84 Å². The quantitative estimate of drug-likeness (QED) is 0.376. The van der Waals surface area contributed by atoms with Crippen LogP contribution in [0.2, 0.25) is 0 Å². The van der Waals surface area contributed by atoms with Gasteiger partial charge in [0.15, 0.2) is 0 Å². The number of nitrogens with two attached hydrogens (primary N) is 1. The molecule has 1 aliphatic rings. The topological polar surface area (TPSA) is 38.0 Å². The van der Waals surface area contributed by atoms with Crippen LogP contribution in [0.15, 0.2) is 12.7 Å². The molecule has 0 amide bonds. The zero-order valence-electron chi connectivity index (χ0n) is 8.47. The third-order valence-corrected chi connectivity index (χ3v) is 3.05. The van der Waals surface area contributed by atoms with Gasteiger partial charge in [-0.2, -0.15) is 0 Å². The summed E-state index contributed by atoms with van der Waals surface area (Å²) >= 11 is 0. The van der Waals surface area contributed by atoms with Gasteiger partial charge < -0.3 is 0 Å². The monoisotopic (exact) mass is 182 g/mol. The zero-order chi connectivity index (χ0) is 9.52. The SMILES string of the molecule is C=CCCC(CC1CCCC1)NN. The fourth-order valence-electron chi connectivity index (χ4n) is 2.24. The van der Waals surface area contributed by atoms with Gasteiger partial charge in [0.1, 0.15) is 0 Å². The van der Waals surface area contributed by atoms with Crippen LogP contribution in [0.3, 0.4) is 0 Å². The van der Waals surface area contributed by atoms with Gasteiger partial charge in [-0.1, -0.05) is 31.8 Å². The molecule has 1 aliphatic carbocycles. The predicted molar refractivity (Wildman–Crippen MR) is 57.1 cm³/mol. The number of nitrogens with one attached hydrogen (secondary N) is 1. The summed E-state index contributed by atoms with van der Waals surface area (Å²) in [6.45, 7) is 3.73. The number of rotatable bonds is 6. The minimum absolute atomic E-state index is 0.501. The fourth-order valence-corrected chi connectivity index (χ4v) is 2.24. The Hall–Kier alpha value is -0.340. The van der Waals surface area contributed by atoms with Crippen LogP contribution in [-0.4, -0.2) is 6.04 Å². The van der Waals surface area contributed by atoms with Crippen molar-refractivity contribution in [1.82, 2.24) is 5.43 Å². The van der Waals surface area contributed by atoms with Crippen molar-refractivity contribution in [2.24, 2.45) is 11.8 Å². The van der Waals surface area contributed by atoms with E-state index in [0.717, 1.165) is 18.8 Å². The molecule has 1 fully saturated rings. The van der Waals surface area contributed by atoms with Crippen molar-refractivity contribution in [2.45, 2.75) is 51.0 Å². The lowest BCUT2D eigenvalue weighted by Crippen LogP contribution is -2.36. The van der Waals surface area contributed by atoms with E-state index in [2.05, 4.69) is 12.0 Å². The normalized spacial score (nSPS) is 20.4. The smallest absolute Gasteiger partial charge is 0.0216 e. The van der Waals surface area contributed by atoms with E-state index < -0.39 is 0 Å².